The van der Waals surface area contributed by atoms with Crippen LogP contribution in [0.15, 0.2) is 0 Å². The van der Waals surface area contributed by atoms with Crippen LogP contribution in [0.4, 0.5) is 0 Å². The smallest absolute Gasteiger partial charge is 1.00 e. The fraction of sp³-hybridized carbons (Fsp3) is 0. The molecule has 0 aliphatic carbocycles. The van der Waals surface area contributed by atoms with Gasteiger partial charge in [-0.15, -0.1) is 0 Å². The van der Waals surface area contributed by atoms with Gasteiger partial charge in [-0.2, -0.15) is 0 Å². The summed E-state index contributed by atoms with van der Waals surface area (Å²) >= 11 is 3.70. The van der Waals surface area contributed by atoms with E-state index in [1.54, 1.807) is 0 Å². The molecule has 24 valence electrons. The van der Waals surface area contributed by atoms with Gasteiger partial charge in [-0.3, -0.25) is 0 Å². The van der Waals surface area contributed by atoms with Crippen molar-refractivity contribution in [3.8, 4) is 5.40 Å². The summed E-state index contributed by atoms with van der Waals surface area (Å²) in [7, 11) is 0. The van der Waals surface area contributed by atoms with Gasteiger partial charge in [-0.1, -0.05) is 5.40 Å². The number of rotatable bonds is 0. The van der Waals surface area contributed by atoms with Crippen molar-refractivity contribution in [2.45, 2.75) is 0 Å². The van der Waals surface area contributed by atoms with E-state index in [1.807, 2.05) is 0 Å². The van der Waals surface area contributed by atoms with Crippen LogP contribution >= 0.6 is 0 Å². The zero-order valence-corrected chi connectivity index (χ0v) is 13.0. The molecule has 0 unspecified atom stereocenters. The van der Waals surface area contributed by atoms with Crippen molar-refractivity contribution in [3.63, 3.8) is 0 Å². The standard InChI is InChI=1S/CHNS.HI.2K/c2-1-3;;;/h3H;1H;;/q;;2*+1/p-2. The van der Waals surface area contributed by atoms with Crippen LogP contribution in [-0.4, -0.2) is 0 Å². The molecule has 0 saturated heterocycles. The molecule has 0 N–H and O–H groups in total. The molecule has 0 fully saturated rings. The Morgan fingerprint density at radius 1 is 1.33 bits per heavy atom. The fourth-order valence-corrected chi connectivity index (χ4v) is 0. The molecule has 5 heteroatoms. The van der Waals surface area contributed by atoms with Crippen LogP contribution in [0.1, 0.15) is 0 Å². The van der Waals surface area contributed by atoms with E-state index in [-0.39, 0.29) is 127 Å². The fourth-order valence-electron chi connectivity index (χ4n) is 0. The maximum atomic E-state index is 7.13. The van der Waals surface area contributed by atoms with Crippen LogP contribution in [0, 0.1) is 10.7 Å². The second-order valence-corrected chi connectivity index (χ2v) is 0.274. The number of nitrogens with zero attached hydrogens (tertiary/aromatic N) is 1. The minimum absolute atomic E-state index is 0. The van der Waals surface area contributed by atoms with Crippen LogP contribution < -0.4 is 127 Å². The molecule has 0 aliphatic heterocycles. The molecular weight excluding hydrogens is 263 g/mol. The Kier molecular flexibility index (Phi) is 87.9. The van der Waals surface area contributed by atoms with Crippen LogP contribution in [0.3, 0.4) is 0 Å². The van der Waals surface area contributed by atoms with E-state index in [0.29, 0.717) is 0 Å². The average molecular weight is 263 g/mol. The van der Waals surface area contributed by atoms with E-state index in [4.69, 9.17) is 5.26 Å². The zero-order chi connectivity index (χ0) is 2.71. The zero-order valence-electron chi connectivity index (χ0n) is 3.73. The minimum Gasteiger partial charge on any atom is -1.00 e. The Labute approximate surface area is 145 Å². The normalized spacial score (nSPS) is 1.17. The third kappa shape index (κ3) is 25.2. The second kappa shape index (κ2) is 23.3. The van der Waals surface area contributed by atoms with Gasteiger partial charge in [0.1, 0.15) is 0 Å². The molecule has 0 amide bonds. The molecule has 0 aromatic rings. The van der Waals surface area contributed by atoms with Gasteiger partial charge in [0.05, 0.1) is 0 Å². The third-order valence-electron chi connectivity index (χ3n) is 0. The van der Waals surface area contributed by atoms with Crippen LogP contribution in [-0.2, 0) is 12.6 Å². The first-order valence-corrected chi connectivity index (χ1v) is 0.836. The molecule has 0 radical (unpaired) electrons. The van der Waals surface area contributed by atoms with E-state index in [9.17, 15) is 0 Å². The SMILES string of the molecule is N#C[S-].[I-].[K+].[K+]. The molecule has 0 bridgehead atoms. The topological polar surface area (TPSA) is 23.8 Å². The van der Waals surface area contributed by atoms with Crippen LogP contribution in [0.5, 0.6) is 0 Å². The number of hydrogen-bond acceptors (Lipinski definition) is 2. The summed E-state index contributed by atoms with van der Waals surface area (Å²) in [4.78, 5) is 0. The molecule has 0 aromatic heterocycles. The van der Waals surface area contributed by atoms with E-state index in [0.717, 1.165) is 0 Å². The van der Waals surface area contributed by atoms with Gasteiger partial charge in [-0.05, 0) is 0 Å². The van der Waals surface area contributed by atoms with Crippen molar-refractivity contribution in [3.05, 3.63) is 0 Å². The molecule has 1 nitrogen and oxygen atoms in total. The van der Waals surface area contributed by atoms with Crippen molar-refractivity contribution in [1.29, 1.82) is 5.26 Å². The van der Waals surface area contributed by atoms with E-state index in [1.165, 1.54) is 5.40 Å². The summed E-state index contributed by atoms with van der Waals surface area (Å²) < 4.78 is 0. The molecule has 0 heterocycles. The van der Waals surface area contributed by atoms with Gasteiger partial charge < -0.3 is 36.6 Å². The average Bonchev–Trinajstić information content (AvgIpc) is 0.918. The quantitative estimate of drug-likeness (QED) is 0.188. The van der Waals surface area contributed by atoms with Crippen molar-refractivity contribution in [2.24, 2.45) is 0 Å². The molecule has 0 atom stereocenters. The summed E-state index contributed by atoms with van der Waals surface area (Å²) in [6.45, 7) is 0. The van der Waals surface area contributed by atoms with Gasteiger partial charge in [0.25, 0.3) is 0 Å². The van der Waals surface area contributed by atoms with Crippen LogP contribution in [0.25, 0.3) is 0 Å². The Morgan fingerprint density at radius 3 is 1.33 bits per heavy atom. The maximum absolute atomic E-state index is 7.13. The number of nitriles is 1. The Bertz CT molecular complexity index is 35.0. The van der Waals surface area contributed by atoms with Crippen molar-refractivity contribution < 1.29 is 127 Å². The van der Waals surface area contributed by atoms with Gasteiger partial charge in [0.2, 0.25) is 0 Å². The predicted octanol–water partition coefficient (Wildman–Crippen LogP) is -8.97. The Balaban J connectivity index is -0.00000000667. The predicted molar refractivity (Wildman–Crippen MR) is 13.0 cm³/mol. The molecule has 0 saturated carbocycles. The Hall–Kier alpha value is 3.71. The molecule has 0 spiro atoms. The number of thiocyanates is 1. The largest absolute Gasteiger partial charge is 1.00 e. The van der Waals surface area contributed by atoms with E-state index >= 15 is 0 Å². The molecule has 0 aliphatic rings. The molecule has 0 rings (SSSR count). The first-order valence-electron chi connectivity index (χ1n) is 0.428. The van der Waals surface area contributed by atoms with Crippen molar-refractivity contribution in [1.82, 2.24) is 0 Å². The number of hydrogen-bond donors (Lipinski definition) is 0. The minimum atomic E-state index is 0. The Morgan fingerprint density at radius 2 is 1.33 bits per heavy atom. The van der Waals surface area contributed by atoms with E-state index < -0.39 is 0 Å². The van der Waals surface area contributed by atoms with Crippen molar-refractivity contribution in [2.75, 3.05) is 0 Å². The van der Waals surface area contributed by atoms with Crippen molar-refractivity contribution >= 4 is 12.6 Å². The monoisotopic (exact) mass is 263 g/mol. The summed E-state index contributed by atoms with van der Waals surface area (Å²) in [5.74, 6) is 0. The van der Waals surface area contributed by atoms with E-state index in [2.05, 4.69) is 12.6 Å². The molecule has 6 heavy (non-hydrogen) atoms. The first kappa shape index (κ1) is 22.6. The van der Waals surface area contributed by atoms with Gasteiger partial charge in [-0.25, -0.2) is 5.26 Å². The summed E-state index contributed by atoms with van der Waals surface area (Å²) in [6.07, 6.45) is 0. The second-order valence-electron chi connectivity index (χ2n) is 0.0913. The van der Waals surface area contributed by atoms with Gasteiger partial charge >= 0.3 is 103 Å². The summed E-state index contributed by atoms with van der Waals surface area (Å²) in [5.41, 5.74) is 0. The van der Waals surface area contributed by atoms with Gasteiger partial charge in [0, 0.05) is 0 Å². The molecular formula is CIK2NS. The number of halogens is 1. The first-order chi connectivity index (χ1) is 1.41. The summed E-state index contributed by atoms with van der Waals surface area (Å²) in [6, 6.07) is 0. The van der Waals surface area contributed by atoms with Crippen LogP contribution in [0.2, 0.25) is 0 Å². The van der Waals surface area contributed by atoms with Gasteiger partial charge in [0.15, 0.2) is 0 Å². The summed E-state index contributed by atoms with van der Waals surface area (Å²) in [5, 5.41) is 8.47. The third-order valence-corrected chi connectivity index (χ3v) is 0. The molecule has 0 aromatic carbocycles. The maximum Gasteiger partial charge on any atom is 1.00 e.